The van der Waals surface area contributed by atoms with Gasteiger partial charge < -0.3 is 10.2 Å². The first-order chi connectivity index (χ1) is 10.2. The molecule has 2 aromatic rings. The molecule has 3 nitrogen and oxygen atoms in total. The van der Waals surface area contributed by atoms with Crippen molar-refractivity contribution in [1.82, 2.24) is 0 Å². The number of halogens is 1. The molecule has 2 aromatic carbocycles. The van der Waals surface area contributed by atoms with E-state index in [1.165, 1.54) is 0 Å². The van der Waals surface area contributed by atoms with E-state index in [4.69, 9.17) is 0 Å². The molecular formula is C17H17BrN2O. The average molecular weight is 345 g/mol. The molecule has 0 aliphatic carbocycles. The van der Waals surface area contributed by atoms with E-state index in [0.717, 1.165) is 46.5 Å². The molecule has 0 unspecified atom stereocenters. The number of hydrogen-bond acceptors (Lipinski definition) is 2. The molecule has 1 amide bonds. The summed E-state index contributed by atoms with van der Waals surface area (Å²) < 4.78 is 0.928. The van der Waals surface area contributed by atoms with Crippen molar-refractivity contribution in [3.05, 3.63) is 58.1 Å². The van der Waals surface area contributed by atoms with E-state index >= 15 is 0 Å². The predicted molar refractivity (Wildman–Crippen MR) is 90.1 cm³/mol. The third-order valence-electron chi connectivity index (χ3n) is 3.74. The highest BCUT2D eigenvalue weighted by atomic mass is 79.9. The van der Waals surface area contributed by atoms with Crippen molar-refractivity contribution in [3.8, 4) is 0 Å². The van der Waals surface area contributed by atoms with Gasteiger partial charge in [-0.3, -0.25) is 4.79 Å². The van der Waals surface area contributed by atoms with Gasteiger partial charge in [0.2, 0.25) is 0 Å². The van der Waals surface area contributed by atoms with Gasteiger partial charge in [-0.15, -0.1) is 0 Å². The van der Waals surface area contributed by atoms with Crippen LogP contribution in [-0.2, 0) is 0 Å². The molecule has 0 atom stereocenters. The zero-order valence-electron chi connectivity index (χ0n) is 11.9. The van der Waals surface area contributed by atoms with Gasteiger partial charge in [-0.25, -0.2) is 0 Å². The van der Waals surface area contributed by atoms with E-state index in [-0.39, 0.29) is 5.91 Å². The highest BCUT2D eigenvalue weighted by Gasteiger charge is 2.23. The van der Waals surface area contributed by atoms with Crippen LogP contribution >= 0.6 is 15.9 Å². The van der Waals surface area contributed by atoms with Crippen LogP contribution in [0.25, 0.3) is 0 Å². The maximum atomic E-state index is 13.0. The molecule has 21 heavy (non-hydrogen) atoms. The van der Waals surface area contributed by atoms with Crippen LogP contribution in [0, 0.1) is 6.92 Å². The Hall–Kier alpha value is -1.81. The molecular weight excluding hydrogens is 328 g/mol. The number of para-hydroxylation sites is 2. The Bertz CT molecular complexity index is 684. The molecule has 4 heteroatoms. The Morgan fingerprint density at radius 1 is 1.24 bits per heavy atom. The van der Waals surface area contributed by atoms with Crippen LogP contribution in [0.2, 0.25) is 0 Å². The second-order valence-corrected chi connectivity index (χ2v) is 6.13. The highest BCUT2D eigenvalue weighted by molar-refractivity contribution is 9.10. The minimum Gasteiger partial charge on any atom is -0.383 e. The zero-order chi connectivity index (χ0) is 14.8. The standard InChI is InChI=1S/C17H17BrN2O/c1-12-7-8-13(18)11-14(12)17(21)20-10-4-9-19-15-5-2-3-6-16(15)20/h2-3,5-8,11,19H,4,9-10H2,1H3. The van der Waals surface area contributed by atoms with Gasteiger partial charge in [-0.05, 0) is 43.2 Å². The van der Waals surface area contributed by atoms with E-state index in [1.54, 1.807) is 0 Å². The number of benzene rings is 2. The minimum absolute atomic E-state index is 0.0601. The first kappa shape index (κ1) is 14.1. The van der Waals surface area contributed by atoms with Gasteiger partial charge >= 0.3 is 0 Å². The number of nitrogens with one attached hydrogen (secondary N) is 1. The van der Waals surface area contributed by atoms with Crippen molar-refractivity contribution < 1.29 is 4.79 Å². The summed E-state index contributed by atoms with van der Waals surface area (Å²) >= 11 is 3.45. The van der Waals surface area contributed by atoms with Gasteiger partial charge in [0.1, 0.15) is 0 Å². The number of anilines is 2. The van der Waals surface area contributed by atoms with Crippen molar-refractivity contribution >= 4 is 33.2 Å². The summed E-state index contributed by atoms with van der Waals surface area (Å²) in [6.07, 6.45) is 0.938. The Balaban J connectivity index is 2.03. The molecule has 0 radical (unpaired) electrons. The summed E-state index contributed by atoms with van der Waals surface area (Å²) in [5.41, 5.74) is 3.73. The minimum atomic E-state index is 0.0601. The Kier molecular flexibility index (Phi) is 3.97. The molecule has 1 aliphatic rings. The number of carbonyl (C=O) groups is 1. The van der Waals surface area contributed by atoms with Crippen molar-refractivity contribution in [2.45, 2.75) is 13.3 Å². The van der Waals surface area contributed by atoms with E-state index in [1.807, 2.05) is 54.3 Å². The van der Waals surface area contributed by atoms with Crippen LogP contribution < -0.4 is 10.2 Å². The molecule has 108 valence electrons. The lowest BCUT2D eigenvalue weighted by molar-refractivity contribution is 0.0986. The number of hydrogen-bond donors (Lipinski definition) is 1. The van der Waals surface area contributed by atoms with Crippen molar-refractivity contribution in [1.29, 1.82) is 0 Å². The predicted octanol–water partition coefficient (Wildman–Crippen LogP) is 4.22. The van der Waals surface area contributed by atoms with E-state index in [9.17, 15) is 4.79 Å². The van der Waals surface area contributed by atoms with Gasteiger partial charge in [0, 0.05) is 23.1 Å². The SMILES string of the molecule is Cc1ccc(Br)cc1C(=O)N1CCCNc2ccccc21. The summed E-state index contributed by atoms with van der Waals surface area (Å²) in [4.78, 5) is 14.8. The summed E-state index contributed by atoms with van der Waals surface area (Å²) in [7, 11) is 0. The van der Waals surface area contributed by atoms with E-state index < -0.39 is 0 Å². The molecule has 0 spiro atoms. The Morgan fingerprint density at radius 2 is 2.05 bits per heavy atom. The van der Waals surface area contributed by atoms with Crippen molar-refractivity contribution in [2.24, 2.45) is 0 Å². The molecule has 1 heterocycles. The molecule has 3 rings (SSSR count). The number of aryl methyl sites for hydroxylation is 1. The van der Waals surface area contributed by atoms with Crippen LogP contribution in [0.1, 0.15) is 22.3 Å². The second-order valence-electron chi connectivity index (χ2n) is 5.21. The quantitative estimate of drug-likeness (QED) is 0.839. The molecule has 0 saturated heterocycles. The van der Waals surface area contributed by atoms with Gasteiger partial charge in [-0.1, -0.05) is 34.1 Å². The molecule has 0 fully saturated rings. The molecule has 0 bridgehead atoms. The number of rotatable bonds is 1. The average Bonchev–Trinajstić information content (AvgIpc) is 2.71. The van der Waals surface area contributed by atoms with Crippen LogP contribution in [0.4, 0.5) is 11.4 Å². The first-order valence-corrected chi connectivity index (χ1v) is 7.87. The monoisotopic (exact) mass is 344 g/mol. The van der Waals surface area contributed by atoms with Crippen molar-refractivity contribution in [3.63, 3.8) is 0 Å². The number of amides is 1. The number of fused-ring (bicyclic) bond motifs is 1. The Morgan fingerprint density at radius 3 is 2.90 bits per heavy atom. The third-order valence-corrected chi connectivity index (χ3v) is 4.24. The van der Waals surface area contributed by atoms with E-state index in [0.29, 0.717) is 0 Å². The molecule has 1 N–H and O–H groups in total. The maximum Gasteiger partial charge on any atom is 0.258 e. The smallest absolute Gasteiger partial charge is 0.258 e. The van der Waals surface area contributed by atoms with E-state index in [2.05, 4.69) is 21.2 Å². The fourth-order valence-corrected chi connectivity index (χ4v) is 2.98. The van der Waals surface area contributed by atoms with Crippen LogP contribution in [0.3, 0.4) is 0 Å². The van der Waals surface area contributed by atoms with Crippen LogP contribution in [0.5, 0.6) is 0 Å². The normalized spacial score (nSPS) is 14.1. The summed E-state index contributed by atoms with van der Waals surface area (Å²) in [6.45, 7) is 3.59. The molecule has 0 saturated carbocycles. The molecule has 1 aliphatic heterocycles. The summed E-state index contributed by atoms with van der Waals surface area (Å²) in [6, 6.07) is 13.8. The summed E-state index contributed by atoms with van der Waals surface area (Å²) in [5.74, 6) is 0.0601. The fourth-order valence-electron chi connectivity index (χ4n) is 2.62. The van der Waals surface area contributed by atoms with Crippen molar-refractivity contribution in [2.75, 3.05) is 23.3 Å². The van der Waals surface area contributed by atoms with Crippen LogP contribution in [-0.4, -0.2) is 19.0 Å². The van der Waals surface area contributed by atoms with Gasteiger partial charge in [0.25, 0.3) is 5.91 Å². The number of nitrogens with zero attached hydrogens (tertiary/aromatic N) is 1. The lowest BCUT2D eigenvalue weighted by atomic mass is 10.1. The largest absolute Gasteiger partial charge is 0.383 e. The Labute approximate surface area is 133 Å². The van der Waals surface area contributed by atoms with Gasteiger partial charge in [0.15, 0.2) is 0 Å². The lowest BCUT2D eigenvalue weighted by Crippen LogP contribution is -2.32. The zero-order valence-corrected chi connectivity index (χ0v) is 13.5. The maximum absolute atomic E-state index is 13.0. The van der Waals surface area contributed by atoms with Gasteiger partial charge in [0.05, 0.1) is 11.4 Å². The fraction of sp³-hybridized carbons (Fsp3) is 0.235. The first-order valence-electron chi connectivity index (χ1n) is 7.08. The topological polar surface area (TPSA) is 32.3 Å². The summed E-state index contributed by atoms with van der Waals surface area (Å²) in [5, 5.41) is 3.38. The third kappa shape index (κ3) is 2.81. The molecule has 0 aromatic heterocycles. The second kappa shape index (κ2) is 5.90. The number of carbonyl (C=O) groups excluding carboxylic acids is 1. The lowest BCUT2D eigenvalue weighted by Gasteiger charge is -2.23. The van der Waals surface area contributed by atoms with Gasteiger partial charge in [-0.2, -0.15) is 0 Å². The highest BCUT2D eigenvalue weighted by Crippen LogP contribution is 2.30. The van der Waals surface area contributed by atoms with Crippen LogP contribution in [0.15, 0.2) is 46.9 Å².